The maximum absolute atomic E-state index is 13.7. The van der Waals surface area contributed by atoms with Crippen LogP contribution >= 0.6 is 15.9 Å². The van der Waals surface area contributed by atoms with Crippen molar-refractivity contribution in [3.63, 3.8) is 0 Å². The van der Waals surface area contributed by atoms with Crippen LogP contribution in [0.2, 0.25) is 0 Å². The second-order valence-corrected chi connectivity index (χ2v) is 15.1. The lowest BCUT2D eigenvalue weighted by Crippen LogP contribution is -2.51. The van der Waals surface area contributed by atoms with Gasteiger partial charge in [-0.1, -0.05) is 119 Å². The lowest BCUT2D eigenvalue weighted by molar-refractivity contribution is -0.173. The average Bonchev–Trinajstić information content (AvgIpc) is 3.33. The molecule has 0 aliphatic carbocycles. The van der Waals surface area contributed by atoms with Crippen LogP contribution in [0.4, 0.5) is 14.4 Å². The highest BCUT2D eigenvalue weighted by Gasteiger charge is 2.32. The molecule has 4 aromatic carbocycles. The number of benzene rings is 4. The summed E-state index contributed by atoms with van der Waals surface area (Å²) in [7, 11) is 0. The molecule has 1 heterocycles. The highest BCUT2D eigenvalue weighted by molar-refractivity contribution is 9.10. The zero-order valence-electron chi connectivity index (χ0n) is 35.1. The topological polar surface area (TPSA) is 229 Å². The molecule has 1 fully saturated rings. The van der Waals surface area contributed by atoms with E-state index in [1.54, 1.807) is 103 Å². The molecule has 0 bridgehead atoms. The molecule has 19 heteroatoms. The summed E-state index contributed by atoms with van der Waals surface area (Å²) in [6.07, 6.45) is -1.67. The van der Waals surface area contributed by atoms with E-state index < -0.39 is 92.8 Å². The molecule has 1 aliphatic heterocycles. The molecular formula is C46H48BrN3O15. The van der Waals surface area contributed by atoms with Crippen LogP contribution in [0, 0.1) is 0 Å². The quantitative estimate of drug-likeness (QED) is 0.0488. The van der Waals surface area contributed by atoms with Crippen LogP contribution in [-0.4, -0.2) is 99.4 Å². The average molecular weight is 963 g/mol. The fourth-order valence-electron chi connectivity index (χ4n) is 5.76. The molecule has 0 saturated carbocycles. The van der Waals surface area contributed by atoms with Crippen LogP contribution in [0.3, 0.4) is 0 Å². The smallest absolute Gasteiger partial charge is 0.408 e. The van der Waals surface area contributed by atoms with E-state index >= 15 is 0 Å². The second kappa shape index (κ2) is 26.7. The van der Waals surface area contributed by atoms with Crippen molar-refractivity contribution in [3.8, 4) is 0 Å². The van der Waals surface area contributed by atoms with Crippen molar-refractivity contribution in [2.45, 2.75) is 63.5 Å². The Labute approximate surface area is 382 Å². The first-order valence-electron chi connectivity index (χ1n) is 20.5. The lowest BCUT2D eigenvalue weighted by Gasteiger charge is -2.25. The van der Waals surface area contributed by atoms with Crippen molar-refractivity contribution < 1.29 is 71.5 Å². The number of rotatable bonds is 22. The molecule has 5 rings (SSSR count). The van der Waals surface area contributed by atoms with Gasteiger partial charge in [0.25, 0.3) is 0 Å². The van der Waals surface area contributed by atoms with Gasteiger partial charge in [-0.25, -0.2) is 28.8 Å². The van der Waals surface area contributed by atoms with Gasteiger partial charge in [0.1, 0.15) is 33.0 Å². The van der Waals surface area contributed by atoms with E-state index in [1.165, 1.54) is 12.1 Å². The van der Waals surface area contributed by atoms with Gasteiger partial charge in [-0.3, -0.25) is 4.79 Å². The number of ketones is 1. The minimum Gasteiger partial charge on any atom is -0.461 e. The number of hydrogen-bond donors (Lipinski definition) is 3. The molecule has 1 saturated heterocycles. The Bertz CT molecular complexity index is 2160. The molecule has 0 aromatic heterocycles. The first-order valence-corrected chi connectivity index (χ1v) is 21.2. The van der Waals surface area contributed by atoms with Gasteiger partial charge in [0.15, 0.2) is 36.8 Å². The Morgan fingerprint density at radius 3 is 1.35 bits per heavy atom. The summed E-state index contributed by atoms with van der Waals surface area (Å²) < 4.78 is 43.9. The van der Waals surface area contributed by atoms with Gasteiger partial charge in [0, 0.05) is 16.6 Å². The number of alkyl carbamates (subject to hydrolysis) is 3. The van der Waals surface area contributed by atoms with Gasteiger partial charge in [-0.2, -0.15) is 0 Å². The predicted octanol–water partition coefficient (Wildman–Crippen LogP) is 5.69. The zero-order valence-corrected chi connectivity index (χ0v) is 36.6. The third-order valence-electron chi connectivity index (χ3n) is 9.25. The molecule has 18 nitrogen and oxygen atoms in total. The normalized spacial score (nSPS) is 14.5. The van der Waals surface area contributed by atoms with Crippen LogP contribution in [0.15, 0.2) is 120 Å². The largest absolute Gasteiger partial charge is 0.461 e. The van der Waals surface area contributed by atoms with E-state index in [2.05, 4.69) is 31.9 Å². The SMILES string of the molecule is O=C(N[C@@H](COC(=O)[C@H](COC(=O)[C@H](COC1CCCCO1)NC(=O)OCc1ccccc1)NC(=O)OCc1ccccc1)C(=O)OCC(=O)c1ccc(Br)cc1)OCc1ccccc1. The number of carbonyl (C=O) groups excluding carboxylic acids is 7. The summed E-state index contributed by atoms with van der Waals surface area (Å²) >= 11 is 3.29. The van der Waals surface area contributed by atoms with Gasteiger partial charge < -0.3 is 53.8 Å². The molecule has 344 valence electrons. The monoisotopic (exact) mass is 961 g/mol. The molecule has 4 aromatic rings. The Morgan fingerprint density at radius 1 is 0.523 bits per heavy atom. The number of carbonyl (C=O) groups is 7. The van der Waals surface area contributed by atoms with Crippen molar-refractivity contribution in [2.75, 3.05) is 33.0 Å². The maximum Gasteiger partial charge on any atom is 0.408 e. The van der Waals surface area contributed by atoms with Gasteiger partial charge in [-0.15, -0.1) is 0 Å². The van der Waals surface area contributed by atoms with Crippen LogP contribution < -0.4 is 16.0 Å². The van der Waals surface area contributed by atoms with E-state index in [9.17, 15) is 33.6 Å². The highest BCUT2D eigenvalue weighted by Crippen LogP contribution is 2.15. The van der Waals surface area contributed by atoms with Crippen LogP contribution in [0.5, 0.6) is 0 Å². The molecular weight excluding hydrogens is 914 g/mol. The lowest BCUT2D eigenvalue weighted by atomic mass is 10.1. The van der Waals surface area contributed by atoms with E-state index in [4.69, 9.17) is 37.9 Å². The molecule has 1 unspecified atom stereocenters. The summed E-state index contributed by atoms with van der Waals surface area (Å²) in [6.45, 7) is -2.97. The summed E-state index contributed by atoms with van der Waals surface area (Å²) in [5.74, 6) is -4.08. The van der Waals surface area contributed by atoms with E-state index in [1.807, 2.05) is 0 Å². The predicted molar refractivity (Wildman–Crippen MR) is 232 cm³/mol. The molecule has 1 aliphatic rings. The van der Waals surface area contributed by atoms with Gasteiger partial charge in [-0.05, 0) is 48.1 Å². The first-order chi connectivity index (χ1) is 31.5. The second-order valence-electron chi connectivity index (χ2n) is 14.2. The zero-order chi connectivity index (χ0) is 46.2. The van der Waals surface area contributed by atoms with Crippen molar-refractivity contribution in [1.29, 1.82) is 0 Å². The minimum atomic E-state index is -1.78. The van der Waals surface area contributed by atoms with Gasteiger partial charge in [0.05, 0.1) is 6.61 Å². The van der Waals surface area contributed by atoms with Crippen molar-refractivity contribution >= 4 is 57.9 Å². The summed E-state index contributed by atoms with van der Waals surface area (Å²) in [4.78, 5) is 92.1. The molecule has 65 heavy (non-hydrogen) atoms. The molecule has 0 spiro atoms. The van der Waals surface area contributed by atoms with Crippen LogP contribution in [0.25, 0.3) is 0 Å². The Morgan fingerprint density at radius 2 is 0.938 bits per heavy atom. The van der Waals surface area contributed by atoms with Crippen LogP contribution in [0.1, 0.15) is 46.3 Å². The number of nitrogens with one attached hydrogen (secondary N) is 3. The van der Waals surface area contributed by atoms with Gasteiger partial charge in [0.2, 0.25) is 0 Å². The minimum absolute atomic E-state index is 0.112. The Kier molecular flexibility index (Phi) is 20.2. The first kappa shape index (κ1) is 49.2. The molecule has 3 N–H and O–H groups in total. The van der Waals surface area contributed by atoms with Crippen molar-refractivity contribution in [2.24, 2.45) is 0 Å². The number of Topliss-reactive ketones (excluding diaryl/α,β-unsaturated/α-hetero) is 1. The summed E-state index contributed by atoms with van der Waals surface area (Å²) in [5, 5.41) is 6.97. The fraction of sp³-hybridized carbons (Fsp3) is 0.326. The fourth-order valence-corrected chi connectivity index (χ4v) is 6.03. The number of halogens is 1. The van der Waals surface area contributed by atoms with Gasteiger partial charge >= 0.3 is 36.2 Å². The number of esters is 3. The molecule has 0 radical (unpaired) electrons. The van der Waals surface area contributed by atoms with Crippen molar-refractivity contribution in [3.05, 3.63) is 142 Å². The van der Waals surface area contributed by atoms with E-state index in [0.29, 0.717) is 34.2 Å². The Balaban J connectivity index is 1.27. The third-order valence-corrected chi connectivity index (χ3v) is 9.78. The molecule has 3 amide bonds. The third kappa shape index (κ3) is 18.1. The van der Waals surface area contributed by atoms with Crippen LogP contribution in [-0.2, 0) is 72.1 Å². The molecule has 4 atom stereocenters. The standard InChI is InChI=1S/C46H48BrN3O15/c47-35-21-19-34(20-22-35)39(51)30-62-43(54)38(50-46(57)65-26-33-16-8-3-9-17-33)29-61-42(53)37(49-45(56)64-25-32-14-6-2-7-15-32)28-60-41(52)36(27-59-40-18-10-11-23-58-40)48-44(55)63-24-31-12-4-1-5-13-31/h1-9,12-17,19-22,36-38,40H,10-11,18,23-30H2,(H,48,55)(H,49,56)(H,50,57)/t36-,37-,38-,40?/m0/s1. The maximum atomic E-state index is 13.7. The number of ether oxygens (including phenoxy) is 8. The highest BCUT2D eigenvalue weighted by atomic mass is 79.9. The summed E-state index contributed by atoms with van der Waals surface area (Å²) in [6, 6.07) is 27.3. The van der Waals surface area contributed by atoms with Crippen molar-refractivity contribution in [1.82, 2.24) is 16.0 Å². The number of hydrogen-bond acceptors (Lipinski definition) is 15. The van der Waals surface area contributed by atoms with E-state index in [0.717, 1.165) is 12.8 Å². The number of amides is 3. The van der Waals surface area contributed by atoms with E-state index in [-0.39, 0.29) is 25.4 Å². The Hall–Kier alpha value is -6.83. The summed E-state index contributed by atoms with van der Waals surface area (Å²) in [5.41, 5.74) is 2.17.